The van der Waals surface area contributed by atoms with Crippen LogP contribution < -0.4 is 5.32 Å². The number of ether oxygens (including phenoxy) is 6. The third kappa shape index (κ3) is 50.6. The predicted octanol–water partition coefficient (Wildman–Crippen LogP) is 17.3. The second kappa shape index (κ2) is 72.7. The van der Waals surface area contributed by atoms with Crippen molar-refractivity contribution in [2.45, 2.75) is 420 Å². The first-order valence-electron chi connectivity index (χ1n) is 45.1. The molecule has 0 aromatic carbocycles. The lowest BCUT2D eigenvalue weighted by atomic mass is 9.96. The Kier molecular flexibility index (Phi) is 66.2. The first-order valence-corrected chi connectivity index (χ1v) is 45.1. The highest BCUT2D eigenvalue weighted by Crippen LogP contribution is 2.33. The lowest BCUT2D eigenvalue weighted by Crippen LogP contribution is -2.66. The minimum Gasteiger partial charge on any atom is -0.394 e. The molecule has 0 aromatic rings. The fourth-order valence-electron chi connectivity index (χ4n) is 14.3. The molecule has 3 aliphatic heterocycles. The van der Waals surface area contributed by atoms with Gasteiger partial charge in [0.15, 0.2) is 18.9 Å². The molecule has 0 radical (unpaired) electrons. The van der Waals surface area contributed by atoms with Crippen molar-refractivity contribution in [1.29, 1.82) is 0 Å². The van der Waals surface area contributed by atoms with Crippen LogP contribution in [0.25, 0.3) is 0 Å². The maximum atomic E-state index is 13.5. The van der Waals surface area contributed by atoms with Gasteiger partial charge in [-0.25, -0.2) is 0 Å². The van der Waals surface area contributed by atoms with E-state index in [0.717, 1.165) is 141 Å². The van der Waals surface area contributed by atoms with Crippen LogP contribution >= 0.6 is 0 Å². The lowest BCUT2D eigenvalue weighted by molar-refractivity contribution is -0.379. The molecule has 3 aliphatic rings. The minimum atomic E-state index is -1.99. The van der Waals surface area contributed by atoms with Gasteiger partial charge >= 0.3 is 0 Å². The van der Waals surface area contributed by atoms with Crippen molar-refractivity contribution in [2.24, 2.45) is 0 Å². The smallest absolute Gasteiger partial charge is 0.220 e. The van der Waals surface area contributed by atoms with E-state index in [1.807, 2.05) is 6.08 Å². The summed E-state index contributed by atoms with van der Waals surface area (Å²) in [7, 11) is 0. The molecule has 17 atom stereocenters. The van der Waals surface area contributed by atoms with E-state index in [1.165, 1.54) is 148 Å². The molecular formula is C95H161NO18. The van der Waals surface area contributed by atoms with Crippen molar-refractivity contribution in [2.75, 3.05) is 26.4 Å². The Bertz CT molecular complexity index is 2630. The van der Waals surface area contributed by atoms with Crippen LogP contribution in [-0.2, 0) is 33.2 Å². The summed E-state index contributed by atoms with van der Waals surface area (Å²) in [6.45, 7) is 1.64. The average Bonchev–Trinajstić information content (AvgIpc) is 0.782. The van der Waals surface area contributed by atoms with E-state index in [1.54, 1.807) is 6.08 Å². The largest absolute Gasteiger partial charge is 0.394 e. The zero-order valence-corrected chi connectivity index (χ0v) is 70.5. The first kappa shape index (κ1) is 104. The van der Waals surface area contributed by atoms with Gasteiger partial charge in [-0.2, -0.15) is 0 Å². The summed E-state index contributed by atoms with van der Waals surface area (Å²) < 4.78 is 34.5. The summed E-state index contributed by atoms with van der Waals surface area (Å²) in [5.41, 5.74) is 0. The van der Waals surface area contributed by atoms with E-state index < -0.39 is 124 Å². The molecule has 17 unspecified atom stereocenters. The van der Waals surface area contributed by atoms with E-state index in [4.69, 9.17) is 28.4 Å². The van der Waals surface area contributed by atoms with E-state index in [9.17, 15) is 61.0 Å². The summed E-state index contributed by atoms with van der Waals surface area (Å²) in [6.07, 6.45) is 79.8. The summed E-state index contributed by atoms with van der Waals surface area (Å²) in [4.78, 5) is 13.5. The fraction of sp³-hybridized carbons (Fsp3) is 0.737. The van der Waals surface area contributed by atoms with Gasteiger partial charge < -0.3 is 89.9 Å². The Hall–Kier alpha value is -4.33. The molecule has 3 heterocycles. The van der Waals surface area contributed by atoms with E-state index in [0.29, 0.717) is 6.42 Å². The van der Waals surface area contributed by atoms with E-state index in [-0.39, 0.29) is 18.9 Å². The quantitative estimate of drug-likeness (QED) is 0.0199. The van der Waals surface area contributed by atoms with Crippen molar-refractivity contribution in [3.8, 4) is 0 Å². The number of amides is 1. The molecular weight excluding hydrogens is 1440 g/mol. The van der Waals surface area contributed by atoms with Crippen LogP contribution in [0.3, 0.4) is 0 Å². The van der Waals surface area contributed by atoms with Gasteiger partial charge in [0.1, 0.15) is 73.2 Å². The Morgan fingerprint density at radius 1 is 0.325 bits per heavy atom. The molecule has 0 bridgehead atoms. The molecule has 3 saturated heterocycles. The standard InChI is InChI=1S/C95H161NO18/c1-3-5-7-9-11-13-15-17-19-21-23-25-27-29-31-33-34-35-36-37-38-39-40-41-42-43-44-45-47-49-51-53-55-57-59-61-63-65-67-69-71-73-83(101)96-78(79(100)72-70-68-66-64-62-60-58-56-54-52-50-48-46-32-30-28-26-24-22-20-18-16-14-12-10-8-6-4-2)77-109-93-89(107)86(104)91(81(75-98)111-93)114-95-90(108)87(105)92(82(76-99)112-95)113-94-88(106)85(103)84(102)80(74-97)110-94/h5,7,11,13,17,19,23,25,29,31,34-35,37-38,40-41,43-44,47,49,53,55,70,72,78-82,84-95,97-100,102-108H,3-4,6,8-10,12,14-16,18,20-22,24,26-28,30,32-33,36,39,42,45-46,48,50-52,54,56-69,71,73-77H2,1-2H3,(H,96,101)/b7-5-,13-11-,19-17-,25-23-,31-29-,35-34-,38-37-,41-40-,44-43-,49-47-,55-53-,72-70+. The summed E-state index contributed by atoms with van der Waals surface area (Å²) in [6, 6.07) is -0.992. The molecule has 19 heteroatoms. The zero-order valence-electron chi connectivity index (χ0n) is 70.5. The molecule has 3 fully saturated rings. The summed E-state index contributed by atoms with van der Waals surface area (Å²) in [5, 5.41) is 121. The number of aliphatic hydroxyl groups excluding tert-OH is 11. The van der Waals surface area contributed by atoms with Crippen LogP contribution in [0.15, 0.2) is 146 Å². The van der Waals surface area contributed by atoms with Gasteiger partial charge in [-0.15, -0.1) is 0 Å². The Morgan fingerprint density at radius 3 is 0.947 bits per heavy atom. The summed E-state index contributed by atoms with van der Waals surface area (Å²) >= 11 is 0. The number of hydrogen-bond acceptors (Lipinski definition) is 18. The number of nitrogens with one attached hydrogen (secondary N) is 1. The highest BCUT2D eigenvalue weighted by atomic mass is 16.8. The van der Waals surface area contributed by atoms with Crippen molar-refractivity contribution in [3.05, 3.63) is 146 Å². The molecule has 0 aromatic heterocycles. The molecule has 0 spiro atoms. The maximum Gasteiger partial charge on any atom is 0.220 e. The first-order chi connectivity index (χ1) is 55.8. The second-order valence-corrected chi connectivity index (χ2v) is 31.3. The third-order valence-electron chi connectivity index (χ3n) is 21.4. The molecule has 19 nitrogen and oxygen atoms in total. The number of carbonyl (C=O) groups excluding carboxylic acids is 1. The monoisotopic (exact) mass is 1600 g/mol. The number of allylic oxidation sites excluding steroid dienone is 23. The molecule has 12 N–H and O–H groups in total. The zero-order chi connectivity index (χ0) is 82.4. The van der Waals surface area contributed by atoms with Crippen LogP contribution in [-0.4, -0.2) is 193 Å². The number of unbranched alkanes of at least 4 members (excludes halogenated alkanes) is 33. The minimum absolute atomic E-state index is 0.222. The van der Waals surface area contributed by atoms with Gasteiger partial charge in [0.25, 0.3) is 0 Å². The van der Waals surface area contributed by atoms with Gasteiger partial charge in [-0.1, -0.05) is 352 Å². The van der Waals surface area contributed by atoms with Gasteiger partial charge in [0, 0.05) is 6.42 Å². The Balaban J connectivity index is 1.34. The molecule has 114 heavy (non-hydrogen) atoms. The molecule has 0 saturated carbocycles. The van der Waals surface area contributed by atoms with Crippen LogP contribution in [0, 0.1) is 0 Å². The topological polar surface area (TPSA) is 307 Å². The lowest BCUT2D eigenvalue weighted by Gasteiger charge is -2.48. The van der Waals surface area contributed by atoms with Gasteiger partial charge in [-0.3, -0.25) is 4.79 Å². The molecule has 1 amide bonds. The maximum absolute atomic E-state index is 13.5. The average molecular weight is 1610 g/mol. The van der Waals surface area contributed by atoms with E-state index >= 15 is 0 Å². The molecule has 3 rings (SSSR count). The SMILES string of the molecule is CC/C=C\C/C=C\C/C=C\C/C=C\C/C=C\C/C=C\C/C=C\C/C=C\C/C=C\C/C=C\C/C=C\CCCCCCCCCC(=O)NC(COC1OC(CO)C(OC2OC(CO)C(OC3OC(CO)C(O)C(O)C3O)C(O)C2O)C(O)C1O)C(O)/C=C/CCCCCCCCCCCCCCCCCCCCCCCCCCCC. The van der Waals surface area contributed by atoms with Crippen LogP contribution in [0.4, 0.5) is 0 Å². The number of carbonyl (C=O) groups is 1. The Morgan fingerprint density at radius 2 is 0.605 bits per heavy atom. The van der Waals surface area contributed by atoms with Crippen molar-refractivity contribution >= 4 is 5.91 Å². The van der Waals surface area contributed by atoms with Crippen LogP contribution in [0.1, 0.15) is 316 Å². The number of hydrogen-bond donors (Lipinski definition) is 12. The predicted molar refractivity (Wildman–Crippen MR) is 461 cm³/mol. The normalized spacial score (nSPS) is 25.4. The van der Waals surface area contributed by atoms with Crippen molar-refractivity contribution in [3.63, 3.8) is 0 Å². The Labute approximate surface area is 689 Å². The fourth-order valence-corrected chi connectivity index (χ4v) is 14.3. The van der Waals surface area contributed by atoms with E-state index in [2.05, 4.69) is 153 Å². The van der Waals surface area contributed by atoms with Crippen LogP contribution in [0.5, 0.6) is 0 Å². The highest BCUT2D eigenvalue weighted by Gasteiger charge is 2.54. The van der Waals surface area contributed by atoms with Crippen molar-refractivity contribution < 1.29 is 89.4 Å². The number of aliphatic hydroxyl groups is 11. The van der Waals surface area contributed by atoms with Gasteiger partial charge in [0.05, 0.1) is 38.6 Å². The second-order valence-electron chi connectivity index (χ2n) is 31.3. The van der Waals surface area contributed by atoms with Crippen molar-refractivity contribution in [1.82, 2.24) is 5.32 Å². The number of rotatable bonds is 71. The van der Waals surface area contributed by atoms with Gasteiger partial charge in [-0.05, 0) is 103 Å². The summed E-state index contributed by atoms with van der Waals surface area (Å²) in [5.74, 6) is -0.289. The molecule has 654 valence electrons. The van der Waals surface area contributed by atoms with Gasteiger partial charge in [0.2, 0.25) is 5.91 Å². The van der Waals surface area contributed by atoms with Crippen LogP contribution in [0.2, 0.25) is 0 Å². The molecule has 0 aliphatic carbocycles. The third-order valence-corrected chi connectivity index (χ3v) is 21.4. The highest BCUT2D eigenvalue weighted by molar-refractivity contribution is 5.76.